The average molecular weight is 336 g/mol. The Kier molecular flexibility index (Phi) is 6.04. The van der Waals surface area contributed by atoms with Gasteiger partial charge in [0, 0.05) is 19.3 Å². The highest BCUT2D eigenvalue weighted by Crippen LogP contribution is 2.32. The molecular weight excluding hydrogens is 308 g/mol. The Hall–Kier alpha value is -2.36. The molecule has 1 aromatic heterocycles. The molecule has 1 aliphatic rings. The Morgan fingerprint density at radius 3 is 2.52 bits per heavy atom. The third-order valence-corrected chi connectivity index (χ3v) is 5.10. The third-order valence-electron chi connectivity index (χ3n) is 5.10. The van der Waals surface area contributed by atoms with E-state index in [1.54, 1.807) is 0 Å². The second kappa shape index (κ2) is 8.65. The first kappa shape index (κ1) is 17.5. The zero-order valence-electron chi connectivity index (χ0n) is 15.2. The normalized spacial score (nSPS) is 21.0. The molecule has 0 unspecified atom stereocenters. The maximum atomic E-state index is 4.43. The molecule has 1 heterocycles. The fourth-order valence-corrected chi connectivity index (χ4v) is 3.56. The van der Waals surface area contributed by atoms with Gasteiger partial charge in [-0.05, 0) is 55.7 Å². The first-order chi connectivity index (χ1) is 12.3. The molecule has 1 aromatic carbocycles. The van der Waals surface area contributed by atoms with E-state index >= 15 is 0 Å². The van der Waals surface area contributed by atoms with E-state index in [0.29, 0.717) is 18.5 Å². The predicted molar refractivity (Wildman–Crippen MR) is 104 cm³/mol. The van der Waals surface area contributed by atoms with Crippen molar-refractivity contribution >= 4 is 5.96 Å². The fraction of sp³-hybridized carbons (Fsp3) is 0.429. The lowest BCUT2D eigenvalue weighted by molar-refractivity contribution is 0.371. The molecule has 1 aliphatic carbocycles. The van der Waals surface area contributed by atoms with Crippen LogP contribution in [0.15, 0.2) is 53.7 Å². The van der Waals surface area contributed by atoms with Crippen molar-refractivity contribution < 1.29 is 0 Å². The van der Waals surface area contributed by atoms with Crippen LogP contribution in [0.4, 0.5) is 0 Å². The Balaban J connectivity index is 1.48. The SMILES string of the molecule is CN=C(NCc1ncccc1C)NC1CCC(c2ccccc2)CC1. The predicted octanol–water partition coefficient (Wildman–Crippen LogP) is 3.78. The van der Waals surface area contributed by atoms with Gasteiger partial charge < -0.3 is 10.6 Å². The van der Waals surface area contributed by atoms with Gasteiger partial charge in [0.25, 0.3) is 0 Å². The molecule has 4 nitrogen and oxygen atoms in total. The van der Waals surface area contributed by atoms with Crippen LogP contribution < -0.4 is 10.6 Å². The largest absolute Gasteiger partial charge is 0.354 e. The third kappa shape index (κ3) is 4.81. The summed E-state index contributed by atoms with van der Waals surface area (Å²) in [5.41, 5.74) is 3.75. The molecule has 3 rings (SSSR count). The van der Waals surface area contributed by atoms with Crippen molar-refractivity contribution in [2.75, 3.05) is 7.05 Å². The van der Waals surface area contributed by atoms with E-state index in [0.717, 1.165) is 11.7 Å². The molecule has 0 saturated heterocycles. The van der Waals surface area contributed by atoms with Gasteiger partial charge >= 0.3 is 0 Å². The van der Waals surface area contributed by atoms with Crippen LogP contribution >= 0.6 is 0 Å². The van der Waals surface area contributed by atoms with E-state index in [1.165, 1.54) is 36.8 Å². The summed E-state index contributed by atoms with van der Waals surface area (Å²) in [5, 5.41) is 6.97. The van der Waals surface area contributed by atoms with E-state index in [4.69, 9.17) is 0 Å². The zero-order chi connectivity index (χ0) is 17.5. The van der Waals surface area contributed by atoms with E-state index in [-0.39, 0.29) is 0 Å². The van der Waals surface area contributed by atoms with E-state index in [9.17, 15) is 0 Å². The smallest absolute Gasteiger partial charge is 0.191 e. The maximum absolute atomic E-state index is 4.43. The number of nitrogens with one attached hydrogen (secondary N) is 2. The van der Waals surface area contributed by atoms with Gasteiger partial charge in [-0.25, -0.2) is 0 Å². The molecule has 132 valence electrons. The minimum Gasteiger partial charge on any atom is -0.354 e. The summed E-state index contributed by atoms with van der Waals surface area (Å²) in [5.74, 6) is 1.57. The van der Waals surface area contributed by atoms with Crippen LogP contribution in [0.1, 0.15) is 48.4 Å². The van der Waals surface area contributed by atoms with E-state index in [1.807, 2.05) is 19.3 Å². The minimum absolute atomic E-state index is 0.496. The quantitative estimate of drug-likeness (QED) is 0.660. The number of aromatic nitrogens is 1. The Morgan fingerprint density at radius 1 is 1.08 bits per heavy atom. The van der Waals surface area contributed by atoms with Crippen molar-refractivity contribution in [3.63, 3.8) is 0 Å². The molecular formula is C21H28N4. The topological polar surface area (TPSA) is 49.3 Å². The van der Waals surface area contributed by atoms with Gasteiger partial charge in [-0.15, -0.1) is 0 Å². The monoisotopic (exact) mass is 336 g/mol. The molecule has 1 saturated carbocycles. The number of aryl methyl sites for hydroxylation is 1. The molecule has 1 fully saturated rings. The van der Waals surface area contributed by atoms with Crippen LogP contribution in [0.25, 0.3) is 0 Å². The summed E-state index contributed by atoms with van der Waals surface area (Å²) in [6, 6.07) is 15.5. The van der Waals surface area contributed by atoms with Gasteiger partial charge in [0.15, 0.2) is 5.96 Å². The van der Waals surface area contributed by atoms with Crippen molar-refractivity contribution in [3.8, 4) is 0 Å². The first-order valence-electron chi connectivity index (χ1n) is 9.19. The van der Waals surface area contributed by atoms with E-state index < -0.39 is 0 Å². The second-order valence-corrected chi connectivity index (χ2v) is 6.80. The summed E-state index contributed by atoms with van der Waals surface area (Å²) >= 11 is 0. The Bertz CT molecular complexity index is 688. The van der Waals surface area contributed by atoms with Gasteiger partial charge in [0.05, 0.1) is 12.2 Å². The number of nitrogens with zero attached hydrogens (tertiary/aromatic N) is 2. The summed E-state index contributed by atoms with van der Waals surface area (Å²) in [6.07, 6.45) is 6.67. The van der Waals surface area contributed by atoms with Crippen LogP contribution in [-0.4, -0.2) is 24.0 Å². The Morgan fingerprint density at radius 2 is 1.84 bits per heavy atom. The number of benzene rings is 1. The lowest BCUT2D eigenvalue weighted by Gasteiger charge is -2.30. The number of guanidine groups is 1. The molecule has 0 radical (unpaired) electrons. The number of rotatable bonds is 4. The lowest BCUT2D eigenvalue weighted by Crippen LogP contribution is -2.44. The molecule has 0 aliphatic heterocycles. The van der Waals surface area contributed by atoms with Gasteiger partial charge in [-0.2, -0.15) is 0 Å². The molecule has 0 spiro atoms. The van der Waals surface area contributed by atoms with Gasteiger partial charge in [0.2, 0.25) is 0 Å². The van der Waals surface area contributed by atoms with Crippen LogP contribution in [-0.2, 0) is 6.54 Å². The summed E-state index contributed by atoms with van der Waals surface area (Å²) in [4.78, 5) is 8.80. The molecule has 0 amide bonds. The maximum Gasteiger partial charge on any atom is 0.191 e. The molecule has 25 heavy (non-hydrogen) atoms. The summed E-state index contributed by atoms with van der Waals surface area (Å²) in [6.45, 7) is 2.79. The van der Waals surface area contributed by atoms with Crippen molar-refractivity contribution in [2.45, 2.75) is 51.1 Å². The van der Waals surface area contributed by atoms with Crippen LogP contribution in [0.2, 0.25) is 0 Å². The number of hydrogen-bond acceptors (Lipinski definition) is 2. The number of hydrogen-bond donors (Lipinski definition) is 2. The summed E-state index contributed by atoms with van der Waals surface area (Å²) < 4.78 is 0. The number of pyridine rings is 1. The fourth-order valence-electron chi connectivity index (χ4n) is 3.56. The highest BCUT2D eigenvalue weighted by atomic mass is 15.2. The molecule has 4 heteroatoms. The highest BCUT2D eigenvalue weighted by Gasteiger charge is 2.22. The molecule has 2 aromatic rings. The minimum atomic E-state index is 0.496. The lowest BCUT2D eigenvalue weighted by atomic mass is 9.82. The first-order valence-corrected chi connectivity index (χ1v) is 9.19. The van der Waals surface area contributed by atoms with Crippen LogP contribution in [0.5, 0.6) is 0 Å². The number of aliphatic imine (C=N–C) groups is 1. The van der Waals surface area contributed by atoms with Crippen molar-refractivity contribution in [3.05, 3.63) is 65.5 Å². The van der Waals surface area contributed by atoms with Gasteiger partial charge in [0.1, 0.15) is 0 Å². The van der Waals surface area contributed by atoms with Crippen molar-refractivity contribution in [2.24, 2.45) is 4.99 Å². The standard InChI is InChI=1S/C21H28N4/c1-16-7-6-14-23-20(16)15-24-21(22-2)25-19-12-10-18(11-13-19)17-8-4-3-5-9-17/h3-9,14,18-19H,10-13,15H2,1-2H3,(H2,22,24,25). The van der Waals surface area contributed by atoms with Crippen LogP contribution in [0, 0.1) is 6.92 Å². The second-order valence-electron chi connectivity index (χ2n) is 6.80. The van der Waals surface area contributed by atoms with Crippen molar-refractivity contribution in [1.29, 1.82) is 0 Å². The molecule has 0 bridgehead atoms. The molecule has 2 N–H and O–H groups in total. The van der Waals surface area contributed by atoms with Gasteiger partial charge in [-0.1, -0.05) is 36.4 Å². The van der Waals surface area contributed by atoms with Crippen molar-refractivity contribution in [1.82, 2.24) is 15.6 Å². The van der Waals surface area contributed by atoms with E-state index in [2.05, 4.69) is 63.9 Å². The highest BCUT2D eigenvalue weighted by molar-refractivity contribution is 5.79. The zero-order valence-corrected chi connectivity index (χ0v) is 15.2. The Labute approximate surface area is 150 Å². The average Bonchev–Trinajstić information content (AvgIpc) is 2.67. The molecule has 0 atom stereocenters. The summed E-state index contributed by atoms with van der Waals surface area (Å²) in [7, 11) is 1.83. The van der Waals surface area contributed by atoms with Gasteiger partial charge in [-0.3, -0.25) is 9.98 Å². The van der Waals surface area contributed by atoms with Crippen LogP contribution in [0.3, 0.4) is 0 Å².